The van der Waals surface area contributed by atoms with E-state index in [1.165, 1.54) is 4.74 Å². The molecule has 0 aromatic heterocycles. The van der Waals surface area contributed by atoms with Crippen LogP contribution < -0.4 is 0 Å². The second-order valence-electron chi connectivity index (χ2n) is 9.14. The highest BCUT2D eigenvalue weighted by Crippen LogP contribution is 2.56. The predicted octanol–water partition coefficient (Wildman–Crippen LogP) is 14.2. The molecule has 1 unspecified atom stereocenters. The van der Waals surface area contributed by atoms with Crippen LogP contribution in [0.2, 0.25) is 0 Å². The molecule has 0 aliphatic heterocycles. The summed E-state index contributed by atoms with van der Waals surface area (Å²) in [6.45, 7) is -9.54. The van der Waals surface area contributed by atoms with Crippen molar-refractivity contribution in [3.05, 3.63) is 0 Å². The van der Waals surface area contributed by atoms with Gasteiger partial charge in [-0.15, -0.1) is 0 Å². The molecule has 0 saturated carbocycles. The van der Waals surface area contributed by atoms with Crippen LogP contribution in [-0.2, 0) is 24.3 Å². The molecule has 6 nitrogen and oxygen atoms in total. The molecule has 0 aliphatic carbocycles. The van der Waals surface area contributed by atoms with Gasteiger partial charge in [0.15, 0.2) is 13.3 Å². The molecule has 0 radical (unpaired) electrons. The van der Waals surface area contributed by atoms with Crippen molar-refractivity contribution in [3.63, 3.8) is 0 Å². The molecular weight excluding hydrogens is 1090 g/mol. The number of rotatable bonds is 13. The monoisotopic (exact) mass is 1120 g/mol. The SMILES string of the molecule is C.C.C.C.CC(F)(F)CF.CF.FC(F)(F)COC(F)(F)C(F)(F)C(F)(F)Br.FCC(F)(F)F.O=S(=O)(O)C(F)(F)C(F)(F)C(F)(F)OC(F)(C(F)(F)F)C(F)(F)OCC(F)(F)F. The van der Waals surface area contributed by atoms with Gasteiger partial charge < -0.3 is 9.47 Å². The Morgan fingerprint density at radius 2 is 0.730 bits per heavy atom. The fourth-order valence-corrected chi connectivity index (χ4v) is 2.22. The van der Waals surface area contributed by atoms with E-state index >= 15 is 0 Å². The minimum atomic E-state index is -7.88. The van der Waals surface area contributed by atoms with Gasteiger partial charge in [0, 0.05) is 6.92 Å². The normalized spacial score (nSPS) is 14.5. The first-order valence-electron chi connectivity index (χ1n) is 12.1. The van der Waals surface area contributed by atoms with Gasteiger partial charge >= 0.3 is 80.9 Å². The molecule has 0 rings (SSSR count). The largest absolute Gasteiger partial charge is 0.458 e. The van der Waals surface area contributed by atoms with Gasteiger partial charge in [-0.25, -0.2) is 17.6 Å². The molecule has 0 fully saturated rings. The van der Waals surface area contributed by atoms with Crippen LogP contribution in [0.25, 0.3) is 0 Å². The molecule has 40 heteroatoms. The van der Waals surface area contributed by atoms with Crippen molar-refractivity contribution in [3.8, 4) is 0 Å². The van der Waals surface area contributed by atoms with Gasteiger partial charge in [-0.1, -0.05) is 29.7 Å². The van der Waals surface area contributed by atoms with Crippen molar-refractivity contribution in [2.45, 2.75) is 113 Å². The Balaban J connectivity index is -0.000000103. The van der Waals surface area contributed by atoms with Crippen LogP contribution in [0, 0.1) is 0 Å². The summed E-state index contributed by atoms with van der Waals surface area (Å²) in [7, 11) is -7.11. The third-order valence-corrected chi connectivity index (χ3v) is 5.41. The molecule has 0 aromatic rings. The third kappa shape index (κ3) is 26.7. The molecule has 396 valence electrons. The first-order chi connectivity index (χ1) is 25.0. The van der Waals surface area contributed by atoms with Crippen LogP contribution in [0.1, 0.15) is 36.6 Å². The lowest BCUT2D eigenvalue weighted by Crippen LogP contribution is -2.67. The lowest BCUT2D eigenvalue weighted by Gasteiger charge is -2.38. The quantitative estimate of drug-likeness (QED) is 0.112. The minimum absolute atomic E-state index is 0. The fraction of sp³-hybridized carbons (Fsp3) is 1.00. The van der Waals surface area contributed by atoms with Crippen molar-refractivity contribution in [2.24, 2.45) is 0 Å². The lowest BCUT2D eigenvalue weighted by molar-refractivity contribution is -0.527. The molecule has 0 amide bonds. The topological polar surface area (TPSA) is 82.1 Å². The molecule has 63 heavy (non-hydrogen) atoms. The third-order valence-electron chi connectivity index (χ3n) is 4.00. The highest BCUT2D eigenvalue weighted by molar-refractivity contribution is 9.10. The summed E-state index contributed by atoms with van der Waals surface area (Å²) in [6, 6.07) is 0. The maximum atomic E-state index is 13.5. The molecule has 0 heterocycles. The Morgan fingerprint density at radius 3 is 0.905 bits per heavy atom. The Hall–Kier alpha value is -1.97. The average molecular weight is 1120 g/mol. The maximum Gasteiger partial charge on any atom is 0.458 e. The van der Waals surface area contributed by atoms with Gasteiger partial charge in [-0.05, 0) is 15.9 Å². The summed E-state index contributed by atoms with van der Waals surface area (Å²) < 4.78 is 414. The van der Waals surface area contributed by atoms with Crippen LogP contribution in [0.5, 0.6) is 0 Å². The summed E-state index contributed by atoms with van der Waals surface area (Å²) in [5, 5.41) is -7.46. The molecule has 0 aromatic carbocycles. The summed E-state index contributed by atoms with van der Waals surface area (Å²) in [6.07, 6.45) is -44.6. The predicted molar refractivity (Wildman–Crippen MR) is 153 cm³/mol. The zero-order valence-electron chi connectivity index (χ0n) is 26.7. The van der Waals surface area contributed by atoms with Gasteiger partial charge in [-0.3, -0.25) is 13.7 Å². The Labute approximate surface area is 341 Å². The second-order valence-corrected chi connectivity index (χ2v) is 11.6. The maximum absolute atomic E-state index is 13.5. The van der Waals surface area contributed by atoms with E-state index in [1.54, 1.807) is 0 Å². The number of halogens is 33. The van der Waals surface area contributed by atoms with E-state index in [0.29, 0.717) is 14.1 Å². The van der Waals surface area contributed by atoms with E-state index in [9.17, 15) is 149 Å². The molecule has 0 spiro atoms. The molecule has 0 aliphatic rings. The van der Waals surface area contributed by atoms with Crippen molar-refractivity contribution < 1.29 is 168 Å². The van der Waals surface area contributed by atoms with Crippen LogP contribution >= 0.6 is 15.9 Å². The molecule has 1 N–H and O–H groups in total. The highest BCUT2D eigenvalue weighted by Gasteiger charge is 2.85. The summed E-state index contributed by atoms with van der Waals surface area (Å²) in [4.78, 5) is -5.41. The van der Waals surface area contributed by atoms with Gasteiger partial charge in [0.25, 0.3) is 5.92 Å². The Bertz CT molecular complexity index is 1300. The van der Waals surface area contributed by atoms with E-state index in [-0.39, 0.29) is 29.7 Å². The zero-order valence-corrected chi connectivity index (χ0v) is 29.1. The zero-order chi connectivity index (χ0) is 49.9. The van der Waals surface area contributed by atoms with Crippen molar-refractivity contribution in [1.82, 2.24) is 0 Å². The summed E-state index contributed by atoms with van der Waals surface area (Å²) in [5.74, 6) is -24.8. The second kappa shape index (κ2) is 26.4. The molecule has 0 saturated heterocycles. The van der Waals surface area contributed by atoms with Gasteiger partial charge in [0.1, 0.15) is 13.2 Å². The van der Waals surface area contributed by atoms with E-state index in [1.807, 2.05) is 0 Å². The van der Waals surface area contributed by atoms with Gasteiger partial charge in [0.05, 0.1) is 7.18 Å². The van der Waals surface area contributed by atoms with E-state index < -0.39 is 113 Å². The first-order valence-corrected chi connectivity index (χ1v) is 14.3. The average Bonchev–Trinajstić information content (AvgIpc) is 2.97. The van der Waals surface area contributed by atoms with E-state index in [2.05, 4.69) is 9.47 Å². The summed E-state index contributed by atoms with van der Waals surface area (Å²) in [5.41, 5.74) is 0. The van der Waals surface area contributed by atoms with Crippen molar-refractivity contribution in [2.75, 3.05) is 33.7 Å². The van der Waals surface area contributed by atoms with Crippen LogP contribution in [0.15, 0.2) is 0 Å². The number of ether oxygens (including phenoxy) is 3. The lowest BCUT2D eigenvalue weighted by atomic mass is 10.2. The molecule has 0 bridgehead atoms. The molecule has 1 atom stereocenters. The van der Waals surface area contributed by atoms with Crippen molar-refractivity contribution in [1.29, 1.82) is 0 Å². The first kappa shape index (κ1) is 81.2. The van der Waals surface area contributed by atoms with Crippen LogP contribution in [-0.4, -0.2) is 123 Å². The summed E-state index contributed by atoms with van der Waals surface area (Å²) >= 11 is 0.932. The van der Waals surface area contributed by atoms with Crippen LogP contribution in [0.3, 0.4) is 0 Å². The number of alkyl halides is 33. The fourth-order valence-electron chi connectivity index (χ4n) is 1.55. The van der Waals surface area contributed by atoms with Gasteiger partial charge in [0.2, 0.25) is 0 Å². The van der Waals surface area contributed by atoms with Crippen molar-refractivity contribution >= 4 is 26.0 Å². The highest BCUT2D eigenvalue weighted by atomic mass is 79.9. The van der Waals surface area contributed by atoms with E-state index in [4.69, 9.17) is 4.55 Å². The van der Waals surface area contributed by atoms with Crippen LogP contribution in [0.4, 0.5) is 140 Å². The Kier molecular flexibility index (Phi) is 34.0. The standard InChI is InChI=1S/C8H3F15O5S.C5H2BrF9O.C3H5F3.C2H2F4.CH3F.4CH4/c9-2(10,11)1-27-7(20,21)4(14,5(15,16)17)28-6(18,19)3(12,13)8(22,23)29(24,25)26;6-4(12,13)3(10,11)5(14,15)16-1-2(7,8)9;1-3(5,6)2-4;3-1-2(4,5)6;1-2;;;;/h1H2,(H,24,25,26);1H2;2H2,1H3;1H2;1H3;4*1H4. The molecular formula is C23H31BrF32O6S. The number of hydrogen-bond donors (Lipinski definition) is 1. The van der Waals surface area contributed by atoms with Gasteiger partial charge in [-0.2, -0.15) is 127 Å². The number of hydrogen-bond acceptors (Lipinski definition) is 5. The smallest absolute Gasteiger partial charge is 0.306 e. The Morgan fingerprint density at radius 1 is 0.476 bits per heavy atom. The van der Waals surface area contributed by atoms with E-state index in [0.717, 1.165) is 15.9 Å². The minimum Gasteiger partial charge on any atom is -0.306 e.